The van der Waals surface area contributed by atoms with Gasteiger partial charge in [-0.15, -0.1) is 0 Å². The standard InChI is InChI=1S/C13H11NO6/c1-2-19-12(15)5-8-7-20-11-4-3-9(14(17)18)6-10(11)13(8)16/h3-6H,2,7H2,1H3. The van der Waals surface area contributed by atoms with Gasteiger partial charge >= 0.3 is 5.97 Å². The summed E-state index contributed by atoms with van der Waals surface area (Å²) in [5.41, 5.74) is -0.0319. The summed E-state index contributed by atoms with van der Waals surface area (Å²) >= 11 is 0. The minimum atomic E-state index is -0.645. The van der Waals surface area contributed by atoms with Crippen LogP contribution in [0.3, 0.4) is 0 Å². The summed E-state index contributed by atoms with van der Waals surface area (Å²) in [6.45, 7) is 1.77. The van der Waals surface area contributed by atoms with Crippen molar-refractivity contribution in [1.82, 2.24) is 0 Å². The van der Waals surface area contributed by atoms with Crippen molar-refractivity contribution in [2.75, 3.05) is 13.2 Å². The molecule has 0 N–H and O–H groups in total. The summed E-state index contributed by atoms with van der Waals surface area (Å²) in [4.78, 5) is 33.6. The number of nitro groups is 1. The number of esters is 1. The number of carbonyl (C=O) groups excluding carboxylic acids is 2. The number of fused-ring (bicyclic) bond motifs is 1. The molecule has 1 aliphatic heterocycles. The van der Waals surface area contributed by atoms with Gasteiger partial charge in [0.05, 0.1) is 17.1 Å². The van der Waals surface area contributed by atoms with Crippen LogP contribution in [-0.2, 0) is 9.53 Å². The van der Waals surface area contributed by atoms with Gasteiger partial charge in [-0.1, -0.05) is 0 Å². The lowest BCUT2D eigenvalue weighted by atomic mass is 9.99. The van der Waals surface area contributed by atoms with Gasteiger partial charge in [-0.05, 0) is 13.0 Å². The average Bonchev–Trinajstić information content (AvgIpc) is 2.42. The van der Waals surface area contributed by atoms with Crippen LogP contribution in [0.2, 0.25) is 0 Å². The topological polar surface area (TPSA) is 95.7 Å². The predicted octanol–water partition coefficient (Wildman–Crippen LogP) is 1.66. The Hall–Kier alpha value is -2.70. The van der Waals surface area contributed by atoms with Crippen LogP contribution in [0.5, 0.6) is 5.75 Å². The van der Waals surface area contributed by atoms with E-state index < -0.39 is 16.7 Å². The number of ketones is 1. The zero-order valence-electron chi connectivity index (χ0n) is 10.6. The molecule has 0 saturated heterocycles. The van der Waals surface area contributed by atoms with Gasteiger partial charge in [0, 0.05) is 23.8 Å². The van der Waals surface area contributed by atoms with Crippen molar-refractivity contribution in [2.45, 2.75) is 6.92 Å². The van der Waals surface area contributed by atoms with E-state index in [1.165, 1.54) is 12.1 Å². The fourth-order valence-electron chi connectivity index (χ4n) is 1.76. The van der Waals surface area contributed by atoms with Crippen LogP contribution >= 0.6 is 0 Å². The minimum absolute atomic E-state index is 0.0670. The Morgan fingerprint density at radius 3 is 2.95 bits per heavy atom. The van der Waals surface area contributed by atoms with Gasteiger partial charge in [0.1, 0.15) is 12.4 Å². The second kappa shape index (κ2) is 5.52. The Morgan fingerprint density at radius 1 is 1.55 bits per heavy atom. The lowest BCUT2D eigenvalue weighted by Crippen LogP contribution is -2.20. The zero-order valence-corrected chi connectivity index (χ0v) is 10.6. The number of carbonyl (C=O) groups is 2. The van der Waals surface area contributed by atoms with E-state index in [0.717, 1.165) is 12.1 Å². The molecule has 0 aromatic heterocycles. The van der Waals surface area contributed by atoms with Gasteiger partial charge in [0.2, 0.25) is 0 Å². The van der Waals surface area contributed by atoms with E-state index in [9.17, 15) is 19.7 Å². The molecular formula is C13H11NO6. The van der Waals surface area contributed by atoms with Crippen LogP contribution in [0.4, 0.5) is 5.69 Å². The van der Waals surface area contributed by atoms with Crippen molar-refractivity contribution < 1.29 is 24.0 Å². The third kappa shape index (κ3) is 2.66. The van der Waals surface area contributed by atoms with E-state index in [2.05, 4.69) is 0 Å². The van der Waals surface area contributed by atoms with Crippen LogP contribution in [0.15, 0.2) is 29.8 Å². The van der Waals surface area contributed by atoms with E-state index in [1.807, 2.05) is 0 Å². The highest BCUT2D eigenvalue weighted by molar-refractivity contribution is 6.14. The molecule has 0 fully saturated rings. The molecule has 0 radical (unpaired) electrons. The molecule has 0 spiro atoms. The summed E-state index contributed by atoms with van der Waals surface area (Å²) in [5, 5.41) is 10.7. The molecular weight excluding hydrogens is 266 g/mol. The summed E-state index contributed by atoms with van der Waals surface area (Å²) < 4.78 is 10.0. The molecule has 1 aromatic rings. The Kier molecular flexibility index (Phi) is 3.79. The van der Waals surface area contributed by atoms with Crippen LogP contribution in [0, 0.1) is 10.1 Å². The third-order valence-electron chi connectivity index (χ3n) is 2.67. The van der Waals surface area contributed by atoms with E-state index in [4.69, 9.17) is 9.47 Å². The fourth-order valence-corrected chi connectivity index (χ4v) is 1.76. The molecule has 104 valence electrons. The van der Waals surface area contributed by atoms with Crippen molar-refractivity contribution in [2.24, 2.45) is 0 Å². The molecule has 2 rings (SSSR count). The van der Waals surface area contributed by atoms with E-state index in [0.29, 0.717) is 0 Å². The Morgan fingerprint density at radius 2 is 2.30 bits per heavy atom. The van der Waals surface area contributed by atoms with Crippen molar-refractivity contribution in [3.63, 3.8) is 0 Å². The van der Waals surface area contributed by atoms with Crippen LogP contribution in [-0.4, -0.2) is 29.9 Å². The van der Waals surface area contributed by atoms with Crippen molar-refractivity contribution in [3.8, 4) is 5.75 Å². The van der Waals surface area contributed by atoms with Gasteiger partial charge in [0.15, 0.2) is 5.78 Å². The average molecular weight is 277 g/mol. The lowest BCUT2D eigenvalue weighted by molar-refractivity contribution is -0.384. The highest BCUT2D eigenvalue weighted by Gasteiger charge is 2.26. The summed E-state index contributed by atoms with van der Waals surface area (Å²) in [7, 11) is 0. The number of nitro benzene ring substituents is 1. The maximum absolute atomic E-state index is 12.2. The monoisotopic (exact) mass is 277 g/mol. The maximum atomic E-state index is 12.2. The van der Waals surface area contributed by atoms with Gasteiger partial charge < -0.3 is 9.47 Å². The normalized spacial score (nSPS) is 15.4. The molecule has 20 heavy (non-hydrogen) atoms. The van der Waals surface area contributed by atoms with Crippen LogP contribution in [0.25, 0.3) is 0 Å². The van der Waals surface area contributed by atoms with Gasteiger partial charge in [-0.3, -0.25) is 14.9 Å². The van der Waals surface area contributed by atoms with Gasteiger partial charge in [-0.25, -0.2) is 4.79 Å². The molecule has 1 aliphatic rings. The largest absolute Gasteiger partial charge is 0.488 e. The lowest BCUT2D eigenvalue weighted by Gasteiger charge is -2.18. The number of ether oxygens (including phenoxy) is 2. The summed E-state index contributed by atoms with van der Waals surface area (Å²) in [5.74, 6) is -0.849. The van der Waals surface area contributed by atoms with Crippen LogP contribution < -0.4 is 4.74 Å². The first-order valence-electron chi connectivity index (χ1n) is 5.86. The van der Waals surface area contributed by atoms with Crippen molar-refractivity contribution in [3.05, 3.63) is 45.5 Å². The predicted molar refractivity (Wildman–Crippen MR) is 67.6 cm³/mol. The number of benzene rings is 1. The summed E-state index contributed by atoms with van der Waals surface area (Å²) in [6.07, 6.45) is 1.05. The highest BCUT2D eigenvalue weighted by atomic mass is 16.6. The third-order valence-corrected chi connectivity index (χ3v) is 2.67. The molecule has 0 amide bonds. The second-order valence-corrected chi connectivity index (χ2v) is 3.98. The number of nitrogens with zero attached hydrogens (tertiary/aromatic N) is 1. The van der Waals surface area contributed by atoms with Gasteiger partial charge in [0.25, 0.3) is 5.69 Å². The number of hydrogen-bond acceptors (Lipinski definition) is 6. The number of non-ortho nitro benzene ring substituents is 1. The Labute approximate surface area is 113 Å². The van der Waals surface area contributed by atoms with Crippen molar-refractivity contribution in [1.29, 1.82) is 0 Å². The first-order valence-corrected chi connectivity index (χ1v) is 5.86. The SMILES string of the molecule is CCOC(=O)C=C1COc2ccc([N+](=O)[O-])cc2C1=O. The fraction of sp³-hybridized carbons (Fsp3) is 0.231. The molecule has 0 atom stereocenters. The van der Waals surface area contributed by atoms with Crippen LogP contribution in [0.1, 0.15) is 17.3 Å². The van der Waals surface area contributed by atoms with Crippen molar-refractivity contribution >= 4 is 17.4 Å². The highest BCUT2D eigenvalue weighted by Crippen LogP contribution is 2.30. The maximum Gasteiger partial charge on any atom is 0.331 e. The molecule has 7 heteroatoms. The van der Waals surface area contributed by atoms with Gasteiger partial charge in [-0.2, -0.15) is 0 Å². The molecule has 0 bridgehead atoms. The zero-order chi connectivity index (χ0) is 14.7. The smallest absolute Gasteiger partial charge is 0.331 e. The number of Topliss-reactive ketones (excluding diaryl/α,β-unsaturated/α-hetero) is 1. The molecule has 0 saturated carbocycles. The second-order valence-electron chi connectivity index (χ2n) is 3.98. The molecule has 1 heterocycles. The Bertz CT molecular complexity index is 619. The minimum Gasteiger partial charge on any atom is -0.488 e. The van der Waals surface area contributed by atoms with E-state index >= 15 is 0 Å². The molecule has 1 aromatic carbocycles. The Balaban J connectivity index is 2.35. The van der Waals surface area contributed by atoms with E-state index in [-0.39, 0.29) is 35.8 Å². The molecule has 0 aliphatic carbocycles. The number of hydrogen-bond donors (Lipinski definition) is 0. The first-order chi connectivity index (χ1) is 9.52. The van der Waals surface area contributed by atoms with E-state index in [1.54, 1.807) is 6.92 Å². The molecule has 0 unspecified atom stereocenters. The first kappa shape index (κ1) is 13.7. The summed E-state index contributed by atoms with van der Waals surface area (Å²) in [6, 6.07) is 3.76. The molecule has 7 nitrogen and oxygen atoms in total. The quantitative estimate of drug-likeness (QED) is 0.361. The number of rotatable bonds is 3.